The van der Waals surface area contributed by atoms with Gasteiger partial charge in [0.05, 0.1) is 6.10 Å². The average molecular weight is 226 g/mol. The zero-order valence-electron chi connectivity index (χ0n) is 9.70. The zero-order chi connectivity index (χ0) is 11.2. The van der Waals surface area contributed by atoms with Crippen LogP contribution in [0.1, 0.15) is 32.0 Å². The summed E-state index contributed by atoms with van der Waals surface area (Å²) in [5, 5.41) is 0. The van der Waals surface area contributed by atoms with Crippen LogP contribution >= 0.6 is 12.2 Å². The highest BCUT2D eigenvalue weighted by atomic mass is 32.1. The molecular formula is C11H18N2OS. The molecule has 4 heteroatoms. The van der Waals surface area contributed by atoms with Gasteiger partial charge in [0.25, 0.3) is 0 Å². The summed E-state index contributed by atoms with van der Waals surface area (Å²) in [6, 6.07) is 0.458. The topological polar surface area (TPSA) is 29.9 Å². The van der Waals surface area contributed by atoms with E-state index in [1.54, 1.807) is 7.11 Å². The highest BCUT2D eigenvalue weighted by Crippen LogP contribution is 2.51. The average Bonchev–Trinajstić information content (AvgIpc) is 2.45. The highest BCUT2D eigenvalue weighted by molar-refractivity contribution is 7.71. The molecule has 1 aromatic rings. The van der Waals surface area contributed by atoms with Crippen LogP contribution in [0.2, 0.25) is 0 Å². The number of rotatable bonds is 2. The van der Waals surface area contributed by atoms with Gasteiger partial charge in [-0.1, -0.05) is 13.8 Å². The maximum absolute atomic E-state index is 5.44. The van der Waals surface area contributed by atoms with E-state index in [0.717, 1.165) is 16.9 Å². The molecular weight excluding hydrogens is 208 g/mol. The van der Waals surface area contributed by atoms with Crippen molar-refractivity contribution in [1.82, 2.24) is 9.55 Å². The van der Waals surface area contributed by atoms with Crippen LogP contribution < -0.4 is 0 Å². The molecule has 1 fully saturated rings. The van der Waals surface area contributed by atoms with Crippen LogP contribution in [0.4, 0.5) is 0 Å². The summed E-state index contributed by atoms with van der Waals surface area (Å²) in [7, 11) is 1.78. The van der Waals surface area contributed by atoms with E-state index in [1.807, 2.05) is 6.92 Å². The summed E-state index contributed by atoms with van der Waals surface area (Å²) in [5.74, 6) is 0. The molecule has 0 amide bonds. The van der Waals surface area contributed by atoms with Crippen molar-refractivity contribution < 1.29 is 4.74 Å². The second-order valence-corrected chi connectivity index (χ2v) is 5.33. The highest BCUT2D eigenvalue weighted by Gasteiger charge is 2.49. The fourth-order valence-corrected chi connectivity index (χ4v) is 2.84. The SMILES string of the molecule is COC1CC(n2cc(C)[nH]c2=S)C1(C)C. The molecule has 0 aromatic carbocycles. The first kappa shape index (κ1) is 10.9. The van der Waals surface area contributed by atoms with E-state index in [1.165, 1.54) is 0 Å². The van der Waals surface area contributed by atoms with E-state index in [2.05, 4.69) is 29.6 Å². The Morgan fingerprint density at radius 2 is 2.27 bits per heavy atom. The van der Waals surface area contributed by atoms with Gasteiger partial charge in [-0.3, -0.25) is 0 Å². The predicted octanol–water partition coefficient (Wildman–Crippen LogP) is 2.84. The summed E-state index contributed by atoms with van der Waals surface area (Å²) in [6.45, 7) is 6.50. The van der Waals surface area contributed by atoms with Crippen LogP contribution in [0, 0.1) is 17.1 Å². The minimum Gasteiger partial charge on any atom is -0.381 e. The first-order valence-electron chi connectivity index (χ1n) is 5.27. The van der Waals surface area contributed by atoms with Crippen molar-refractivity contribution in [1.29, 1.82) is 0 Å². The molecule has 0 saturated heterocycles. The molecule has 2 rings (SSSR count). The molecule has 0 aliphatic heterocycles. The van der Waals surface area contributed by atoms with E-state index in [-0.39, 0.29) is 5.41 Å². The minimum atomic E-state index is 0.168. The number of aryl methyl sites for hydroxylation is 1. The number of aromatic amines is 1. The van der Waals surface area contributed by atoms with Crippen LogP contribution in [0.15, 0.2) is 6.20 Å². The number of nitrogens with one attached hydrogen (secondary N) is 1. The van der Waals surface area contributed by atoms with E-state index in [0.29, 0.717) is 12.1 Å². The largest absolute Gasteiger partial charge is 0.381 e. The quantitative estimate of drug-likeness (QED) is 0.786. The molecule has 1 aliphatic rings. The summed E-state index contributed by atoms with van der Waals surface area (Å²) < 4.78 is 8.43. The third-order valence-corrected chi connectivity index (χ3v) is 3.93. The van der Waals surface area contributed by atoms with Crippen molar-refractivity contribution in [2.75, 3.05) is 7.11 Å². The van der Waals surface area contributed by atoms with Gasteiger partial charge in [0, 0.05) is 30.5 Å². The van der Waals surface area contributed by atoms with Crippen LogP contribution in [-0.4, -0.2) is 22.8 Å². The van der Waals surface area contributed by atoms with Crippen molar-refractivity contribution in [3.63, 3.8) is 0 Å². The third-order valence-electron chi connectivity index (χ3n) is 3.62. The zero-order valence-corrected chi connectivity index (χ0v) is 10.5. The molecule has 15 heavy (non-hydrogen) atoms. The Kier molecular flexibility index (Phi) is 2.51. The first-order valence-corrected chi connectivity index (χ1v) is 5.68. The van der Waals surface area contributed by atoms with Crippen LogP contribution in [0.3, 0.4) is 0 Å². The van der Waals surface area contributed by atoms with Gasteiger partial charge < -0.3 is 14.3 Å². The third kappa shape index (κ3) is 1.56. The number of imidazole rings is 1. The number of nitrogens with zero attached hydrogens (tertiary/aromatic N) is 1. The Labute approximate surface area is 95.5 Å². The number of H-pyrrole nitrogens is 1. The number of methoxy groups -OCH3 is 1. The van der Waals surface area contributed by atoms with Crippen LogP contribution in [0.25, 0.3) is 0 Å². The normalized spacial score (nSPS) is 28.8. The Balaban J connectivity index is 2.28. The van der Waals surface area contributed by atoms with Gasteiger partial charge in [-0.25, -0.2) is 0 Å². The van der Waals surface area contributed by atoms with E-state index in [4.69, 9.17) is 17.0 Å². The van der Waals surface area contributed by atoms with Crippen LogP contribution in [0.5, 0.6) is 0 Å². The molecule has 0 radical (unpaired) electrons. The van der Waals surface area contributed by atoms with Crippen molar-refractivity contribution in [3.05, 3.63) is 16.7 Å². The molecule has 2 atom stereocenters. The monoisotopic (exact) mass is 226 g/mol. The Hall–Kier alpha value is -0.610. The number of aromatic nitrogens is 2. The number of hydrogen-bond donors (Lipinski definition) is 1. The number of hydrogen-bond acceptors (Lipinski definition) is 2. The van der Waals surface area contributed by atoms with E-state index >= 15 is 0 Å². The molecule has 84 valence electrons. The summed E-state index contributed by atoms with van der Waals surface area (Å²) in [5.41, 5.74) is 1.29. The number of ether oxygens (including phenoxy) is 1. The van der Waals surface area contributed by atoms with Crippen molar-refractivity contribution in [2.24, 2.45) is 5.41 Å². The van der Waals surface area contributed by atoms with Gasteiger partial charge in [-0.2, -0.15) is 0 Å². The van der Waals surface area contributed by atoms with E-state index in [9.17, 15) is 0 Å². The Morgan fingerprint density at radius 1 is 1.60 bits per heavy atom. The molecule has 1 aliphatic carbocycles. The fraction of sp³-hybridized carbons (Fsp3) is 0.727. The lowest BCUT2D eigenvalue weighted by Gasteiger charge is -2.51. The summed E-state index contributed by atoms with van der Waals surface area (Å²) in [6.07, 6.45) is 3.50. The second-order valence-electron chi connectivity index (χ2n) is 4.95. The van der Waals surface area contributed by atoms with Gasteiger partial charge in [0.1, 0.15) is 0 Å². The van der Waals surface area contributed by atoms with Gasteiger partial charge in [0.2, 0.25) is 0 Å². The minimum absolute atomic E-state index is 0.168. The lowest BCUT2D eigenvalue weighted by Crippen LogP contribution is -2.50. The molecule has 1 N–H and O–H groups in total. The molecule has 1 heterocycles. The van der Waals surface area contributed by atoms with Crippen molar-refractivity contribution >= 4 is 12.2 Å². The van der Waals surface area contributed by atoms with Crippen molar-refractivity contribution in [3.8, 4) is 0 Å². The maximum atomic E-state index is 5.44. The lowest BCUT2D eigenvalue weighted by molar-refractivity contribution is -0.113. The molecule has 3 nitrogen and oxygen atoms in total. The smallest absolute Gasteiger partial charge is 0.177 e. The van der Waals surface area contributed by atoms with Gasteiger partial charge in [-0.15, -0.1) is 0 Å². The molecule has 0 bridgehead atoms. The van der Waals surface area contributed by atoms with Gasteiger partial charge in [-0.05, 0) is 25.6 Å². The molecule has 1 aromatic heterocycles. The van der Waals surface area contributed by atoms with E-state index < -0.39 is 0 Å². The second kappa shape index (κ2) is 3.46. The first-order chi connectivity index (χ1) is 6.96. The fourth-order valence-electron chi connectivity index (χ4n) is 2.50. The maximum Gasteiger partial charge on any atom is 0.177 e. The predicted molar refractivity (Wildman–Crippen MR) is 62.6 cm³/mol. The summed E-state index contributed by atoms with van der Waals surface area (Å²) >= 11 is 5.29. The standard InChI is InChI=1S/C11H18N2OS/c1-7-6-13(10(15)12-7)8-5-9(14-4)11(8,2)3/h6,8-9H,5H2,1-4H3,(H,12,15). The molecule has 1 saturated carbocycles. The van der Waals surface area contributed by atoms with Gasteiger partial charge in [0.15, 0.2) is 4.77 Å². The van der Waals surface area contributed by atoms with Gasteiger partial charge >= 0.3 is 0 Å². The van der Waals surface area contributed by atoms with Crippen molar-refractivity contribution in [2.45, 2.75) is 39.3 Å². The lowest BCUT2D eigenvalue weighted by atomic mass is 9.64. The Morgan fingerprint density at radius 3 is 2.67 bits per heavy atom. The summed E-state index contributed by atoms with van der Waals surface area (Å²) in [4.78, 5) is 3.16. The Bertz CT molecular complexity index is 418. The molecule has 0 spiro atoms. The molecule has 2 unspecified atom stereocenters. The van der Waals surface area contributed by atoms with Crippen LogP contribution in [-0.2, 0) is 4.74 Å².